The molecule has 1 aromatic heterocycles. The summed E-state index contributed by atoms with van der Waals surface area (Å²) in [6, 6.07) is 7.83. The molecule has 5 heterocycles. The Kier molecular flexibility index (Phi) is 3.23. The summed E-state index contributed by atoms with van der Waals surface area (Å²) in [7, 11) is 3.47. The summed E-state index contributed by atoms with van der Waals surface area (Å²) in [5.74, 6) is -0.513. The van der Waals surface area contributed by atoms with Gasteiger partial charge in [-0.3, -0.25) is 14.5 Å². The quantitative estimate of drug-likeness (QED) is 0.586. The van der Waals surface area contributed by atoms with Crippen molar-refractivity contribution in [3.63, 3.8) is 0 Å². The molecule has 3 unspecified atom stereocenters. The predicted molar refractivity (Wildman–Crippen MR) is 97.9 cm³/mol. The number of methoxy groups -OCH3 is 1. The van der Waals surface area contributed by atoms with E-state index in [1.165, 1.54) is 12.7 Å². The number of hydrogen-bond donors (Lipinski definition) is 0. The lowest BCUT2D eigenvalue weighted by molar-refractivity contribution is -0.155. The van der Waals surface area contributed by atoms with Gasteiger partial charge in [0.05, 0.1) is 25.1 Å². The summed E-state index contributed by atoms with van der Waals surface area (Å²) < 4.78 is 7.28. The van der Waals surface area contributed by atoms with Crippen LogP contribution in [0.5, 0.6) is 0 Å². The molecule has 0 amide bonds. The van der Waals surface area contributed by atoms with Crippen molar-refractivity contribution in [2.45, 2.75) is 25.4 Å². The van der Waals surface area contributed by atoms with E-state index in [0.29, 0.717) is 0 Å². The first-order valence-electron chi connectivity index (χ1n) is 9.18. The van der Waals surface area contributed by atoms with Gasteiger partial charge in [-0.1, -0.05) is 29.8 Å². The van der Waals surface area contributed by atoms with Crippen molar-refractivity contribution in [1.29, 1.82) is 0 Å². The lowest BCUT2D eigenvalue weighted by Gasteiger charge is -2.56. The van der Waals surface area contributed by atoms with Crippen molar-refractivity contribution in [2.24, 2.45) is 18.9 Å². The second kappa shape index (κ2) is 5.30. The van der Waals surface area contributed by atoms with Crippen LogP contribution in [0.2, 0.25) is 0 Å². The molecular weight excluding hydrogens is 328 g/mol. The van der Waals surface area contributed by atoms with Gasteiger partial charge in [0.1, 0.15) is 0 Å². The van der Waals surface area contributed by atoms with Gasteiger partial charge in [-0.15, -0.1) is 0 Å². The Balaban J connectivity index is 1.77. The molecule has 1 aromatic carbocycles. The minimum atomic E-state index is -0.409. The van der Waals surface area contributed by atoms with Crippen LogP contribution in [0, 0.1) is 11.8 Å². The van der Waals surface area contributed by atoms with Crippen LogP contribution in [0.25, 0.3) is 10.9 Å². The molecule has 26 heavy (non-hydrogen) atoms. The Morgan fingerprint density at radius 2 is 2.08 bits per heavy atom. The van der Waals surface area contributed by atoms with Gasteiger partial charge in [0, 0.05) is 35.8 Å². The Labute approximate surface area is 152 Å². The number of hydrogen-bond acceptors (Lipinski definition) is 4. The molecule has 0 aliphatic carbocycles. The smallest absolute Gasteiger partial charge is 0.311 e. The number of fused-ring (bicyclic) bond motifs is 4. The normalized spacial score (nSPS) is 33.6. The van der Waals surface area contributed by atoms with E-state index in [9.17, 15) is 9.59 Å². The average molecular weight is 350 g/mol. The lowest BCUT2D eigenvalue weighted by Crippen LogP contribution is -2.64. The lowest BCUT2D eigenvalue weighted by atomic mass is 9.63. The molecule has 3 fully saturated rings. The molecule has 5 heteroatoms. The van der Waals surface area contributed by atoms with Crippen molar-refractivity contribution < 1.29 is 14.3 Å². The number of ether oxygens (including phenoxy) is 1. The molecule has 6 rings (SSSR count). The molecule has 0 saturated carbocycles. The van der Waals surface area contributed by atoms with Gasteiger partial charge in [0.25, 0.3) is 0 Å². The number of para-hydroxylation sites is 1. The molecular formula is C21H22N2O3. The van der Waals surface area contributed by atoms with Crippen LogP contribution in [-0.4, -0.2) is 40.9 Å². The second-order valence-corrected chi connectivity index (χ2v) is 7.59. The summed E-state index contributed by atoms with van der Waals surface area (Å²) in [6.45, 7) is 2.78. The molecule has 4 bridgehead atoms. The van der Waals surface area contributed by atoms with E-state index >= 15 is 0 Å². The number of carbonyl (C=O) groups is 2. The largest absolute Gasteiger partial charge is 0.469 e. The highest BCUT2D eigenvalue weighted by atomic mass is 16.5. The molecule has 3 saturated heterocycles. The third kappa shape index (κ3) is 1.74. The highest BCUT2D eigenvalue weighted by Crippen LogP contribution is 2.54. The summed E-state index contributed by atoms with van der Waals surface area (Å²) in [4.78, 5) is 28.4. The van der Waals surface area contributed by atoms with Crippen molar-refractivity contribution in [3.8, 4) is 0 Å². The van der Waals surface area contributed by atoms with Gasteiger partial charge in [-0.25, -0.2) is 0 Å². The summed E-state index contributed by atoms with van der Waals surface area (Å²) in [6.07, 6.45) is 2.97. The van der Waals surface area contributed by atoms with E-state index in [2.05, 4.69) is 21.6 Å². The maximum atomic E-state index is 13.6. The summed E-state index contributed by atoms with van der Waals surface area (Å²) in [5.41, 5.74) is 4.25. The number of Topliss-reactive ketones (excluding diaryl/α,β-unsaturated/α-hetero) is 1. The number of carbonyl (C=O) groups excluding carboxylic acids is 2. The molecule has 0 spiro atoms. The summed E-state index contributed by atoms with van der Waals surface area (Å²) >= 11 is 0. The van der Waals surface area contributed by atoms with Crippen LogP contribution in [0.3, 0.4) is 0 Å². The van der Waals surface area contributed by atoms with Gasteiger partial charge in [-0.2, -0.15) is 0 Å². The minimum absolute atomic E-state index is 0.0725. The van der Waals surface area contributed by atoms with Gasteiger partial charge < -0.3 is 9.30 Å². The maximum absolute atomic E-state index is 13.6. The first kappa shape index (κ1) is 15.8. The number of esters is 1. The van der Waals surface area contributed by atoms with Crippen molar-refractivity contribution in [2.75, 3.05) is 13.7 Å². The standard InChI is InChI=1S/C21H22N2O3/c1-4-11-10-23-15-9-13(11)17(21(25)26-3)19(23)20(24)16-12-7-5-6-8-14(12)22(2)18(15)16/h4-8,13,15,17,19H,9-10H2,1-3H3/b11-4+/t13-,15-,17?,19?/m0/s1. The molecule has 4 aliphatic rings. The molecule has 2 aromatic rings. The zero-order valence-corrected chi connectivity index (χ0v) is 15.2. The van der Waals surface area contributed by atoms with Gasteiger partial charge in [0.15, 0.2) is 5.78 Å². The van der Waals surface area contributed by atoms with Crippen LogP contribution in [0.4, 0.5) is 0 Å². The van der Waals surface area contributed by atoms with Crippen LogP contribution < -0.4 is 0 Å². The number of allylic oxidation sites excluding steroid dienone is 1. The molecule has 134 valence electrons. The Bertz CT molecular complexity index is 987. The van der Waals surface area contributed by atoms with E-state index in [1.54, 1.807) is 0 Å². The first-order chi connectivity index (χ1) is 12.6. The number of nitrogens with zero attached hydrogens (tertiary/aromatic N) is 2. The van der Waals surface area contributed by atoms with E-state index in [-0.39, 0.29) is 23.7 Å². The SMILES string of the molecule is C/C=C1\CN2C3C(=O)c4c(n(C)c5ccccc45)[C@@H]2C[C@@H]1C3C(=O)OC. The molecule has 5 nitrogen and oxygen atoms in total. The zero-order valence-electron chi connectivity index (χ0n) is 15.2. The topological polar surface area (TPSA) is 51.5 Å². The van der Waals surface area contributed by atoms with Crippen molar-refractivity contribution in [1.82, 2.24) is 9.47 Å². The molecule has 0 N–H and O–H groups in total. The fourth-order valence-corrected chi connectivity index (χ4v) is 5.59. The predicted octanol–water partition coefficient (Wildman–Crippen LogP) is 2.86. The van der Waals surface area contributed by atoms with Crippen molar-refractivity contribution >= 4 is 22.7 Å². The van der Waals surface area contributed by atoms with E-state index in [4.69, 9.17) is 4.74 Å². The number of benzene rings is 1. The highest BCUT2D eigenvalue weighted by Gasteiger charge is 2.59. The Morgan fingerprint density at radius 1 is 1.31 bits per heavy atom. The van der Waals surface area contributed by atoms with Gasteiger partial charge in [-0.05, 0) is 25.3 Å². The Morgan fingerprint density at radius 3 is 2.81 bits per heavy atom. The third-order valence-corrected chi connectivity index (χ3v) is 6.68. The molecule has 4 aliphatic heterocycles. The molecule has 5 atom stereocenters. The van der Waals surface area contributed by atoms with E-state index in [1.807, 2.05) is 32.2 Å². The number of rotatable bonds is 1. The number of aryl methyl sites for hydroxylation is 1. The second-order valence-electron chi connectivity index (χ2n) is 7.59. The summed E-state index contributed by atoms with van der Waals surface area (Å²) in [5, 5.41) is 0.999. The zero-order chi connectivity index (χ0) is 18.2. The number of aromatic nitrogens is 1. The fraction of sp³-hybridized carbons (Fsp3) is 0.429. The van der Waals surface area contributed by atoms with Crippen LogP contribution in [0.15, 0.2) is 35.9 Å². The third-order valence-electron chi connectivity index (χ3n) is 6.68. The van der Waals surface area contributed by atoms with Crippen molar-refractivity contribution in [3.05, 3.63) is 47.2 Å². The van der Waals surface area contributed by atoms with Crippen LogP contribution in [0.1, 0.15) is 35.4 Å². The number of piperidine rings is 3. The van der Waals surface area contributed by atoms with Crippen LogP contribution in [-0.2, 0) is 16.6 Å². The first-order valence-corrected chi connectivity index (χ1v) is 9.18. The highest BCUT2D eigenvalue weighted by molar-refractivity contribution is 6.14. The van der Waals surface area contributed by atoms with Gasteiger partial charge in [0.2, 0.25) is 0 Å². The minimum Gasteiger partial charge on any atom is -0.469 e. The number of ketones is 1. The average Bonchev–Trinajstić information content (AvgIpc) is 2.98. The fourth-order valence-electron chi connectivity index (χ4n) is 5.59. The molecule has 0 radical (unpaired) electrons. The van der Waals surface area contributed by atoms with E-state index in [0.717, 1.165) is 35.1 Å². The van der Waals surface area contributed by atoms with Gasteiger partial charge >= 0.3 is 5.97 Å². The van der Waals surface area contributed by atoms with E-state index < -0.39 is 12.0 Å². The van der Waals surface area contributed by atoms with Crippen LogP contribution >= 0.6 is 0 Å². The Hall–Kier alpha value is -2.40. The monoisotopic (exact) mass is 350 g/mol. The maximum Gasteiger partial charge on any atom is 0.311 e.